The molecule has 0 aromatic carbocycles. The average molecular weight is 187 g/mol. The highest BCUT2D eigenvalue weighted by atomic mass is 32.2. The van der Waals surface area contributed by atoms with Crippen molar-refractivity contribution in [3.63, 3.8) is 0 Å². The Labute approximate surface area is 70.7 Å². The number of rotatable bonds is 0. The lowest BCUT2D eigenvalue weighted by molar-refractivity contribution is -0.0710. The van der Waals surface area contributed by atoms with E-state index in [-0.39, 0.29) is 16.9 Å². The fourth-order valence-corrected chi connectivity index (χ4v) is 4.55. The number of nitrogens with zero attached hydrogens (tertiary/aromatic N) is 1. The van der Waals surface area contributed by atoms with Gasteiger partial charge < -0.3 is 5.11 Å². The molecule has 0 aromatic heterocycles. The van der Waals surface area contributed by atoms with Crippen molar-refractivity contribution >= 4 is 9.84 Å². The summed E-state index contributed by atoms with van der Waals surface area (Å²) in [6.07, 6.45) is 0.658. The fourth-order valence-electron chi connectivity index (χ4n) is 2.36. The number of nitriles is 1. The topological polar surface area (TPSA) is 78.2 Å². The first-order valence-corrected chi connectivity index (χ1v) is 5.55. The zero-order valence-electron chi connectivity index (χ0n) is 6.45. The fraction of sp³-hybridized carbons (Fsp3) is 0.857. The van der Waals surface area contributed by atoms with Gasteiger partial charge in [0.1, 0.15) is 0 Å². The third-order valence-corrected chi connectivity index (χ3v) is 4.70. The summed E-state index contributed by atoms with van der Waals surface area (Å²) < 4.78 is 21.7. The molecule has 0 unspecified atom stereocenters. The molecule has 2 aliphatic rings. The summed E-state index contributed by atoms with van der Waals surface area (Å²) in [5.41, 5.74) is -1.49. The molecule has 2 rings (SSSR count). The number of sulfone groups is 1. The van der Waals surface area contributed by atoms with E-state index < -0.39 is 15.4 Å². The van der Waals surface area contributed by atoms with E-state index in [0.717, 1.165) is 0 Å². The second-order valence-electron chi connectivity index (χ2n) is 4.03. The summed E-state index contributed by atoms with van der Waals surface area (Å²) in [6, 6.07) is 1.79. The molecule has 0 amide bonds. The van der Waals surface area contributed by atoms with Crippen LogP contribution in [0, 0.1) is 16.7 Å². The van der Waals surface area contributed by atoms with Crippen molar-refractivity contribution < 1.29 is 13.5 Å². The number of hydrogen-bond acceptors (Lipinski definition) is 4. The van der Waals surface area contributed by atoms with Gasteiger partial charge >= 0.3 is 0 Å². The molecule has 1 aliphatic carbocycles. The third kappa shape index (κ3) is 0.952. The normalized spacial score (nSPS) is 33.0. The molecule has 1 heterocycles. The van der Waals surface area contributed by atoms with Gasteiger partial charge in [-0.3, -0.25) is 0 Å². The second-order valence-corrected chi connectivity index (χ2v) is 6.09. The summed E-state index contributed by atoms with van der Waals surface area (Å²) in [5, 5.41) is 17.8. The van der Waals surface area contributed by atoms with Gasteiger partial charge in [-0.05, 0) is 12.8 Å². The van der Waals surface area contributed by atoms with E-state index in [4.69, 9.17) is 5.26 Å². The molecule has 1 saturated heterocycles. The van der Waals surface area contributed by atoms with Crippen molar-refractivity contribution in [2.45, 2.75) is 18.4 Å². The van der Waals surface area contributed by atoms with Gasteiger partial charge in [0, 0.05) is 5.41 Å². The van der Waals surface area contributed by atoms with Crippen LogP contribution in [-0.4, -0.2) is 30.6 Å². The number of hydrogen-bond donors (Lipinski definition) is 1. The Balaban J connectivity index is 2.05. The molecule has 1 aliphatic heterocycles. The first-order valence-electron chi connectivity index (χ1n) is 3.73. The molecule has 0 bridgehead atoms. The Morgan fingerprint density at radius 1 is 1.33 bits per heavy atom. The lowest BCUT2D eigenvalue weighted by Gasteiger charge is -2.54. The average Bonchev–Trinajstić information content (AvgIpc) is 1.80. The highest BCUT2D eigenvalue weighted by Crippen LogP contribution is 2.54. The predicted octanol–water partition coefficient (Wildman–Crippen LogP) is -0.550. The van der Waals surface area contributed by atoms with E-state index in [0.29, 0.717) is 12.8 Å². The van der Waals surface area contributed by atoms with Crippen LogP contribution in [0.15, 0.2) is 0 Å². The van der Waals surface area contributed by atoms with Gasteiger partial charge in [0.15, 0.2) is 15.4 Å². The minimum atomic E-state index is -2.83. The van der Waals surface area contributed by atoms with Crippen LogP contribution < -0.4 is 0 Å². The van der Waals surface area contributed by atoms with Gasteiger partial charge in [0.05, 0.1) is 17.6 Å². The molecule has 1 spiro atoms. The van der Waals surface area contributed by atoms with Gasteiger partial charge in [-0.15, -0.1) is 0 Å². The van der Waals surface area contributed by atoms with Gasteiger partial charge in [-0.1, -0.05) is 0 Å². The quantitative estimate of drug-likeness (QED) is 0.516. The molecule has 12 heavy (non-hydrogen) atoms. The Hall–Kier alpha value is -0.600. The molecule has 0 aromatic rings. The van der Waals surface area contributed by atoms with Crippen molar-refractivity contribution in [3.8, 4) is 6.07 Å². The van der Waals surface area contributed by atoms with Crippen LogP contribution in [0.4, 0.5) is 0 Å². The molecule has 0 radical (unpaired) electrons. The summed E-state index contributed by atoms with van der Waals surface area (Å²) in [5.74, 6) is 0.313. The Bertz CT molecular complexity index is 345. The lowest BCUT2D eigenvalue weighted by atomic mass is 9.61. The third-order valence-electron chi connectivity index (χ3n) is 2.60. The summed E-state index contributed by atoms with van der Waals surface area (Å²) in [6.45, 7) is 0. The zero-order valence-corrected chi connectivity index (χ0v) is 7.26. The standard InChI is InChI=1S/C7H9NO3S/c8-3-7(9)1-6(2-7)4-12(10,11)5-6/h9H,1-2,4-5H2. The maximum atomic E-state index is 10.8. The minimum Gasteiger partial charge on any atom is -0.375 e. The van der Waals surface area contributed by atoms with Crippen LogP contribution in [0.3, 0.4) is 0 Å². The van der Waals surface area contributed by atoms with E-state index in [1.54, 1.807) is 6.07 Å². The zero-order chi connectivity index (χ0) is 9.04. The molecule has 0 atom stereocenters. The Morgan fingerprint density at radius 3 is 2.17 bits per heavy atom. The van der Waals surface area contributed by atoms with Crippen LogP contribution in [0.2, 0.25) is 0 Å². The van der Waals surface area contributed by atoms with E-state index in [2.05, 4.69) is 0 Å². The largest absolute Gasteiger partial charge is 0.375 e. The summed E-state index contributed by atoms with van der Waals surface area (Å²) in [7, 11) is -2.83. The van der Waals surface area contributed by atoms with E-state index >= 15 is 0 Å². The molecule has 4 nitrogen and oxygen atoms in total. The van der Waals surface area contributed by atoms with Crippen LogP contribution in [0.1, 0.15) is 12.8 Å². The van der Waals surface area contributed by atoms with Gasteiger partial charge in [0.25, 0.3) is 0 Å². The van der Waals surface area contributed by atoms with E-state index in [9.17, 15) is 13.5 Å². The van der Waals surface area contributed by atoms with Gasteiger partial charge in [0.2, 0.25) is 0 Å². The first-order chi connectivity index (χ1) is 5.39. The molecular formula is C7H9NO3S. The van der Waals surface area contributed by atoms with Crippen LogP contribution in [0.25, 0.3) is 0 Å². The lowest BCUT2D eigenvalue weighted by Crippen LogP contribution is -2.63. The number of aliphatic hydroxyl groups is 1. The summed E-state index contributed by atoms with van der Waals surface area (Å²) >= 11 is 0. The maximum Gasteiger partial charge on any atom is 0.152 e. The monoisotopic (exact) mass is 187 g/mol. The maximum absolute atomic E-state index is 10.8. The summed E-state index contributed by atoms with van der Waals surface area (Å²) in [4.78, 5) is 0. The second kappa shape index (κ2) is 1.83. The van der Waals surface area contributed by atoms with Crippen molar-refractivity contribution in [3.05, 3.63) is 0 Å². The van der Waals surface area contributed by atoms with E-state index in [1.165, 1.54) is 0 Å². The minimum absolute atomic E-state index is 0.157. The smallest absolute Gasteiger partial charge is 0.152 e. The SMILES string of the molecule is N#CC1(O)CC2(C1)CS(=O)(=O)C2. The molecule has 66 valence electrons. The van der Waals surface area contributed by atoms with Crippen molar-refractivity contribution in [1.82, 2.24) is 0 Å². The molecule has 5 heteroatoms. The van der Waals surface area contributed by atoms with Gasteiger partial charge in [-0.2, -0.15) is 5.26 Å². The highest BCUT2D eigenvalue weighted by Gasteiger charge is 2.62. The molecule has 1 N–H and O–H groups in total. The molecular weight excluding hydrogens is 178 g/mol. The van der Waals surface area contributed by atoms with Crippen LogP contribution in [-0.2, 0) is 9.84 Å². The molecule has 1 saturated carbocycles. The van der Waals surface area contributed by atoms with Crippen molar-refractivity contribution in [2.24, 2.45) is 5.41 Å². The van der Waals surface area contributed by atoms with Crippen molar-refractivity contribution in [2.75, 3.05) is 11.5 Å². The first kappa shape index (κ1) is 8.02. The predicted molar refractivity (Wildman–Crippen MR) is 40.9 cm³/mol. The van der Waals surface area contributed by atoms with E-state index in [1.807, 2.05) is 0 Å². The van der Waals surface area contributed by atoms with Crippen LogP contribution >= 0.6 is 0 Å². The Morgan fingerprint density at radius 2 is 1.83 bits per heavy atom. The van der Waals surface area contributed by atoms with Crippen molar-refractivity contribution in [1.29, 1.82) is 5.26 Å². The van der Waals surface area contributed by atoms with Crippen LogP contribution in [0.5, 0.6) is 0 Å². The van der Waals surface area contributed by atoms with Gasteiger partial charge in [-0.25, -0.2) is 8.42 Å². The molecule has 2 fully saturated rings. The Kier molecular flexibility index (Phi) is 1.22. The highest BCUT2D eigenvalue weighted by molar-refractivity contribution is 7.92.